The van der Waals surface area contributed by atoms with Gasteiger partial charge in [0, 0.05) is 32.4 Å². The maximum Gasteiger partial charge on any atom is 0.252 e. The highest BCUT2D eigenvalue weighted by Crippen LogP contribution is 2.25. The number of hydrogen-bond acceptors (Lipinski definition) is 7. The average molecular weight is 330 g/mol. The lowest BCUT2D eigenvalue weighted by Gasteiger charge is -2.38. The van der Waals surface area contributed by atoms with Gasteiger partial charge in [0.15, 0.2) is 5.82 Å². The van der Waals surface area contributed by atoms with Crippen LogP contribution in [-0.2, 0) is 0 Å². The number of pyridine rings is 1. The molecule has 1 aliphatic heterocycles. The summed E-state index contributed by atoms with van der Waals surface area (Å²) in [6.45, 7) is 6.74. The van der Waals surface area contributed by atoms with Crippen molar-refractivity contribution in [1.82, 2.24) is 25.3 Å². The van der Waals surface area contributed by atoms with Gasteiger partial charge in [0.1, 0.15) is 11.9 Å². The van der Waals surface area contributed by atoms with E-state index in [9.17, 15) is 4.79 Å². The van der Waals surface area contributed by atoms with Crippen molar-refractivity contribution in [2.75, 3.05) is 38.1 Å². The molecule has 1 fully saturated rings. The Labute approximate surface area is 140 Å². The number of amides is 1. The summed E-state index contributed by atoms with van der Waals surface area (Å²) in [5.74, 6) is 2.00. The van der Waals surface area contributed by atoms with Gasteiger partial charge in [0.2, 0.25) is 5.89 Å². The van der Waals surface area contributed by atoms with Crippen molar-refractivity contribution >= 4 is 11.7 Å². The summed E-state index contributed by atoms with van der Waals surface area (Å²) in [5, 5.41) is 6.65. The normalized spacial score (nSPS) is 18.6. The van der Waals surface area contributed by atoms with E-state index in [0.29, 0.717) is 30.4 Å². The van der Waals surface area contributed by atoms with Gasteiger partial charge in [-0.1, -0.05) is 5.16 Å². The van der Waals surface area contributed by atoms with Gasteiger partial charge < -0.3 is 14.7 Å². The number of rotatable bonds is 4. The molecule has 3 rings (SSSR count). The van der Waals surface area contributed by atoms with E-state index in [4.69, 9.17) is 4.52 Å². The molecule has 2 aromatic rings. The monoisotopic (exact) mass is 330 g/mol. The van der Waals surface area contributed by atoms with Gasteiger partial charge in [-0.15, -0.1) is 0 Å². The van der Waals surface area contributed by atoms with Gasteiger partial charge in [-0.3, -0.25) is 9.69 Å². The number of likely N-dealkylation sites (N-methyl/N-ethyl adjacent to an activating group) is 1. The zero-order chi connectivity index (χ0) is 17.1. The highest BCUT2D eigenvalue weighted by molar-refractivity contribution is 5.93. The van der Waals surface area contributed by atoms with Gasteiger partial charge in [-0.2, -0.15) is 4.98 Å². The van der Waals surface area contributed by atoms with Crippen LogP contribution in [0.4, 0.5) is 5.82 Å². The molecular weight excluding hydrogens is 308 g/mol. The molecule has 2 aromatic heterocycles. The van der Waals surface area contributed by atoms with Gasteiger partial charge >= 0.3 is 0 Å². The smallest absolute Gasteiger partial charge is 0.252 e. The summed E-state index contributed by atoms with van der Waals surface area (Å²) in [5.41, 5.74) is 0.568. The van der Waals surface area contributed by atoms with Crippen LogP contribution < -0.4 is 10.2 Å². The van der Waals surface area contributed by atoms with E-state index < -0.39 is 0 Å². The number of carbonyl (C=O) groups excluding carboxylic acids is 1. The Kier molecular flexibility index (Phi) is 4.75. The first kappa shape index (κ1) is 16.4. The molecule has 0 spiro atoms. The second-order valence-corrected chi connectivity index (χ2v) is 5.89. The maximum absolute atomic E-state index is 11.8. The quantitative estimate of drug-likeness (QED) is 0.895. The Morgan fingerprint density at radius 3 is 2.88 bits per heavy atom. The molecule has 1 saturated heterocycles. The second-order valence-electron chi connectivity index (χ2n) is 5.89. The third-order valence-corrected chi connectivity index (χ3v) is 4.15. The highest BCUT2D eigenvalue weighted by atomic mass is 16.5. The zero-order valence-electron chi connectivity index (χ0n) is 14.2. The van der Waals surface area contributed by atoms with E-state index >= 15 is 0 Å². The SMILES string of the molecule is CCNC(=O)c1ccc(N2CCN(C)C(c3nc(C)no3)C2)nc1. The molecular formula is C16H22N6O2. The molecule has 3 heterocycles. The summed E-state index contributed by atoms with van der Waals surface area (Å²) in [7, 11) is 2.05. The molecule has 128 valence electrons. The first-order valence-corrected chi connectivity index (χ1v) is 8.08. The molecule has 0 bridgehead atoms. The van der Waals surface area contributed by atoms with E-state index in [-0.39, 0.29) is 11.9 Å². The van der Waals surface area contributed by atoms with Crippen LogP contribution in [0.5, 0.6) is 0 Å². The second kappa shape index (κ2) is 6.96. The van der Waals surface area contributed by atoms with Crippen molar-refractivity contribution < 1.29 is 9.32 Å². The number of aromatic nitrogens is 3. The number of nitrogens with zero attached hydrogens (tertiary/aromatic N) is 5. The van der Waals surface area contributed by atoms with Gasteiger partial charge in [-0.25, -0.2) is 4.98 Å². The van der Waals surface area contributed by atoms with Crippen LogP contribution >= 0.6 is 0 Å². The van der Waals surface area contributed by atoms with Gasteiger partial charge in [0.25, 0.3) is 5.91 Å². The summed E-state index contributed by atoms with van der Waals surface area (Å²) < 4.78 is 5.33. The lowest BCUT2D eigenvalue weighted by molar-refractivity contribution is 0.0955. The standard InChI is InChI=1S/C16H22N6O2/c1-4-17-15(23)12-5-6-14(18-9-12)22-8-7-21(3)13(10-22)16-19-11(2)20-24-16/h5-6,9,13H,4,7-8,10H2,1-3H3,(H,17,23). The first-order valence-electron chi connectivity index (χ1n) is 8.08. The molecule has 1 atom stereocenters. The fraction of sp³-hybridized carbons (Fsp3) is 0.500. The number of nitrogens with one attached hydrogen (secondary N) is 1. The Morgan fingerprint density at radius 1 is 1.42 bits per heavy atom. The van der Waals surface area contributed by atoms with E-state index in [2.05, 4.69) is 30.2 Å². The molecule has 1 amide bonds. The van der Waals surface area contributed by atoms with Crippen LogP contribution in [0, 0.1) is 6.92 Å². The van der Waals surface area contributed by atoms with Crippen molar-refractivity contribution in [3.05, 3.63) is 35.6 Å². The largest absolute Gasteiger partial charge is 0.353 e. The van der Waals surface area contributed by atoms with Crippen molar-refractivity contribution in [3.8, 4) is 0 Å². The van der Waals surface area contributed by atoms with Crippen molar-refractivity contribution in [3.63, 3.8) is 0 Å². The molecule has 1 N–H and O–H groups in total. The van der Waals surface area contributed by atoms with E-state index in [1.165, 1.54) is 0 Å². The Balaban J connectivity index is 1.74. The molecule has 1 unspecified atom stereocenters. The summed E-state index contributed by atoms with van der Waals surface area (Å²) in [4.78, 5) is 25.0. The fourth-order valence-electron chi connectivity index (χ4n) is 2.77. The number of piperazine rings is 1. The van der Waals surface area contributed by atoms with Crippen LogP contribution in [0.1, 0.15) is 35.0 Å². The van der Waals surface area contributed by atoms with Crippen molar-refractivity contribution in [2.45, 2.75) is 19.9 Å². The number of aryl methyl sites for hydroxylation is 1. The fourth-order valence-corrected chi connectivity index (χ4v) is 2.77. The predicted octanol–water partition coefficient (Wildman–Crippen LogP) is 1.02. The molecule has 0 radical (unpaired) electrons. The van der Waals surface area contributed by atoms with Crippen LogP contribution in [-0.4, -0.2) is 59.2 Å². The molecule has 0 aromatic carbocycles. The third kappa shape index (κ3) is 3.38. The minimum absolute atomic E-state index is 0.0322. The van der Waals surface area contributed by atoms with E-state index in [1.54, 1.807) is 12.3 Å². The predicted molar refractivity (Wildman–Crippen MR) is 88.9 cm³/mol. The van der Waals surface area contributed by atoms with Crippen LogP contribution in [0.25, 0.3) is 0 Å². The number of anilines is 1. The Bertz CT molecular complexity index is 699. The molecule has 8 heteroatoms. The molecule has 0 saturated carbocycles. The minimum atomic E-state index is -0.103. The van der Waals surface area contributed by atoms with Crippen LogP contribution in [0.15, 0.2) is 22.9 Å². The summed E-state index contributed by atoms with van der Waals surface area (Å²) in [6, 6.07) is 3.72. The Morgan fingerprint density at radius 2 is 2.25 bits per heavy atom. The zero-order valence-corrected chi connectivity index (χ0v) is 14.2. The molecule has 1 aliphatic rings. The van der Waals surface area contributed by atoms with Crippen LogP contribution in [0.2, 0.25) is 0 Å². The first-order chi connectivity index (χ1) is 11.6. The Hall–Kier alpha value is -2.48. The average Bonchev–Trinajstić information content (AvgIpc) is 3.02. The lowest BCUT2D eigenvalue weighted by Crippen LogP contribution is -2.47. The number of carbonyl (C=O) groups is 1. The number of hydrogen-bond donors (Lipinski definition) is 1. The van der Waals surface area contributed by atoms with Gasteiger partial charge in [0.05, 0.1) is 5.56 Å². The molecule has 0 aliphatic carbocycles. The third-order valence-electron chi connectivity index (χ3n) is 4.15. The maximum atomic E-state index is 11.8. The van der Waals surface area contributed by atoms with Crippen molar-refractivity contribution in [2.24, 2.45) is 0 Å². The van der Waals surface area contributed by atoms with Crippen LogP contribution in [0.3, 0.4) is 0 Å². The summed E-state index contributed by atoms with van der Waals surface area (Å²) in [6.07, 6.45) is 1.62. The van der Waals surface area contributed by atoms with E-state index in [0.717, 1.165) is 18.9 Å². The van der Waals surface area contributed by atoms with Gasteiger partial charge in [-0.05, 0) is 33.0 Å². The topological polar surface area (TPSA) is 87.4 Å². The minimum Gasteiger partial charge on any atom is -0.353 e. The highest BCUT2D eigenvalue weighted by Gasteiger charge is 2.30. The lowest BCUT2D eigenvalue weighted by atomic mass is 10.1. The van der Waals surface area contributed by atoms with Crippen molar-refractivity contribution in [1.29, 1.82) is 0 Å². The summed E-state index contributed by atoms with van der Waals surface area (Å²) >= 11 is 0. The van der Waals surface area contributed by atoms with E-state index in [1.807, 2.05) is 27.0 Å². The molecule has 24 heavy (non-hydrogen) atoms. The molecule has 8 nitrogen and oxygen atoms in total.